The smallest absolute Gasteiger partial charge is 0.311 e. The van der Waals surface area contributed by atoms with Crippen molar-refractivity contribution in [1.82, 2.24) is 0 Å². The zero-order chi connectivity index (χ0) is 18.3. The molecule has 26 heavy (non-hydrogen) atoms. The first-order valence-corrected chi connectivity index (χ1v) is 8.91. The number of benzene rings is 2. The Hall–Kier alpha value is -2.86. The fourth-order valence-electron chi connectivity index (χ4n) is 3.38. The van der Waals surface area contributed by atoms with Gasteiger partial charge in [-0.3, -0.25) is 4.79 Å². The first-order chi connectivity index (χ1) is 12.6. The highest BCUT2D eigenvalue weighted by atomic mass is 16.9. The predicted molar refractivity (Wildman–Crippen MR) is 103 cm³/mol. The van der Waals surface area contributed by atoms with Gasteiger partial charge in [-0.25, -0.2) is 9.90 Å². The monoisotopic (exact) mass is 350 g/mol. The maximum absolute atomic E-state index is 13.0. The van der Waals surface area contributed by atoms with Gasteiger partial charge in [0.2, 0.25) is 0 Å². The molecular weight excluding hydrogens is 328 g/mol. The Balaban J connectivity index is 1.57. The van der Waals surface area contributed by atoms with Crippen LogP contribution in [0, 0.1) is 0 Å². The number of carbonyl (C=O) groups excluding carboxylic acids is 1. The van der Waals surface area contributed by atoms with Gasteiger partial charge in [0.25, 0.3) is 0 Å². The third-order valence-corrected chi connectivity index (χ3v) is 4.91. The summed E-state index contributed by atoms with van der Waals surface area (Å²) in [6.45, 7) is 8.00. The van der Waals surface area contributed by atoms with Crippen molar-refractivity contribution in [2.24, 2.45) is 5.10 Å². The number of amides is 1. The lowest BCUT2D eigenvalue weighted by Gasteiger charge is -2.21. The minimum Gasteiger partial charge on any atom is -0.372 e. The van der Waals surface area contributed by atoms with Crippen LogP contribution in [-0.4, -0.2) is 30.4 Å². The minimum atomic E-state index is -1.10. The molecule has 1 fully saturated rings. The van der Waals surface area contributed by atoms with Gasteiger partial charge in [0, 0.05) is 18.8 Å². The number of hydrogen-bond acceptors (Lipinski definition) is 5. The lowest BCUT2D eigenvalue weighted by atomic mass is 10.1. The summed E-state index contributed by atoms with van der Waals surface area (Å²) in [4.78, 5) is 21.0. The first kappa shape index (κ1) is 16.6. The van der Waals surface area contributed by atoms with Gasteiger partial charge >= 0.3 is 11.6 Å². The Morgan fingerprint density at radius 2 is 1.65 bits per heavy atom. The molecule has 1 saturated heterocycles. The molecule has 0 saturated carbocycles. The van der Waals surface area contributed by atoms with E-state index in [0.717, 1.165) is 30.2 Å². The highest BCUT2D eigenvalue weighted by Crippen LogP contribution is 2.46. The van der Waals surface area contributed by atoms with Crippen molar-refractivity contribution >= 4 is 28.7 Å². The summed E-state index contributed by atoms with van der Waals surface area (Å²) < 4.78 is 0. The van der Waals surface area contributed by atoms with E-state index in [9.17, 15) is 4.79 Å². The van der Waals surface area contributed by atoms with E-state index in [1.54, 1.807) is 5.06 Å². The molecule has 2 aliphatic rings. The molecule has 0 bridgehead atoms. The molecule has 2 aromatic carbocycles. The number of para-hydroxylation sites is 1. The topological polar surface area (TPSA) is 51.5 Å². The number of nitrogens with zero attached hydrogens (tertiary/aromatic N) is 4. The van der Waals surface area contributed by atoms with E-state index in [0.29, 0.717) is 5.71 Å². The highest BCUT2D eigenvalue weighted by molar-refractivity contribution is 6.25. The van der Waals surface area contributed by atoms with Crippen molar-refractivity contribution in [1.29, 1.82) is 0 Å². The Morgan fingerprint density at radius 1 is 1.00 bits per heavy atom. The highest BCUT2D eigenvalue weighted by Gasteiger charge is 2.69. The van der Waals surface area contributed by atoms with Crippen LogP contribution in [0.3, 0.4) is 0 Å². The van der Waals surface area contributed by atoms with Gasteiger partial charge in [0.1, 0.15) is 5.71 Å². The Kier molecular flexibility index (Phi) is 3.92. The maximum atomic E-state index is 13.0. The number of carbonyl (C=O) groups is 1. The van der Waals surface area contributed by atoms with Crippen molar-refractivity contribution in [2.45, 2.75) is 26.5 Å². The summed E-state index contributed by atoms with van der Waals surface area (Å²) in [7, 11) is 0. The van der Waals surface area contributed by atoms with Crippen LogP contribution < -0.4 is 15.0 Å². The molecular formula is C20H22N4O2. The van der Waals surface area contributed by atoms with Crippen molar-refractivity contribution < 1.29 is 9.63 Å². The van der Waals surface area contributed by atoms with E-state index in [4.69, 9.17) is 4.84 Å². The van der Waals surface area contributed by atoms with Crippen LogP contribution in [0.4, 0.5) is 17.1 Å². The zero-order valence-electron chi connectivity index (χ0n) is 15.2. The molecule has 6 heteroatoms. The fraction of sp³-hybridized carbons (Fsp3) is 0.300. The van der Waals surface area contributed by atoms with Crippen LogP contribution in [0.1, 0.15) is 20.8 Å². The minimum absolute atomic E-state index is 0.186. The number of hydrogen-bond donors (Lipinski definition) is 0. The average Bonchev–Trinajstić information content (AvgIpc) is 3.39. The molecule has 134 valence electrons. The van der Waals surface area contributed by atoms with Crippen LogP contribution in [0.2, 0.25) is 0 Å². The Bertz CT molecular complexity index is 846. The van der Waals surface area contributed by atoms with Gasteiger partial charge < -0.3 is 4.90 Å². The summed E-state index contributed by atoms with van der Waals surface area (Å²) in [5, 5.41) is 7.49. The first-order valence-electron chi connectivity index (χ1n) is 8.91. The molecule has 1 spiro atoms. The van der Waals surface area contributed by atoms with Crippen molar-refractivity contribution in [3.05, 3.63) is 54.6 Å². The van der Waals surface area contributed by atoms with E-state index >= 15 is 0 Å². The van der Waals surface area contributed by atoms with Gasteiger partial charge in [-0.1, -0.05) is 18.2 Å². The molecule has 0 aliphatic carbocycles. The van der Waals surface area contributed by atoms with Crippen LogP contribution in [-0.2, 0) is 9.63 Å². The summed E-state index contributed by atoms with van der Waals surface area (Å²) >= 11 is 0. The van der Waals surface area contributed by atoms with Gasteiger partial charge in [-0.15, -0.1) is 0 Å². The van der Waals surface area contributed by atoms with E-state index < -0.39 is 5.72 Å². The summed E-state index contributed by atoms with van der Waals surface area (Å²) in [5.74, 6) is -0.186. The molecule has 1 amide bonds. The van der Waals surface area contributed by atoms with Gasteiger partial charge in [-0.05, 0) is 57.2 Å². The quantitative estimate of drug-likeness (QED) is 0.776. The number of anilines is 3. The molecule has 6 nitrogen and oxygen atoms in total. The maximum Gasteiger partial charge on any atom is 0.311 e. The van der Waals surface area contributed by atoms with E-state index in [2.05, 4.69) is 36.0 Å². The van der Waals surface area contributed by atoms with Crippen LogP contribution in [0.25, 0.3) is 0 Å². The molecule has 0 radical (unpaired) electrons. The number of rotatable bonds is 5. The standard InChI is InChI=1S/C20H22N4O2/c1-4-22(5-2)16-11-13-18(14-12-16)24-20(26-24)15(3)21-23(19(20)25)17-9-7-6-8-10-17/h6-14H,4-5H2,1-3H3. The summed E-state index contributed by atoms with van der Waals surface area (Å²) in [5.41, 5.74) is 2.27. The Labute approximate surface area is 153 Å². The van der Waals surface area contributed by atoms with Crippen LogP contribution >= 0.6 is 0 Å². The predicted octanol–water partition coefficient (Wildman–Crippen LogP) is 3.40. The second-order valence-electron chi connectivity index (χ2n) is 6.36. The third-order valence-electron chi connectivity index (χ3n) is 4.91. The van der Waals surface area contributed by atoms with Crippen LogP contribution in [0.5, 0.6) is 0 Å². The average molecular weight is 350 g/mol. The molecule has 2 aromatic rings. The molecule has 2 aliphatic heterocycles. The molecule has 0 N–H and O–H groups in total. The summed E-state index contributed by atoms with van der Waals surface area (Å²) in [6, 6.07) is 17.5. The third kappa shape index (κ3) is 2.37. The van der Waals surface area contributed by atoms with Crippen LogP contribution in [0.15, 0.2) is 59.7 Å². The van der Waals surface area contributed by atoms with Crippen molar-refractivity contribution in [3.63, 3.8) is 0 Å². The van der Waals surface area contributed by atoms with Gasteiger partial charge in [0.05, 0.1) is 11.4 Å². The normalized spacial score (nSPS) is 21.3. The van der Waals surface area contributed by atoms with Gasteiger partial charge in [-0.2, -0.15) is 10.1 Å². The molecule has 2 heterocycles. The van der Waals surface area contributed by atoms with Crippen molar-refractivity contribution in [3.8, 4) is 0 Å². The second kappa shape index (κ2) is 6.14. The van der Waals surface area contributed by atoms with Gasteiger partial charge in [0.15, 0.2) is 0 Å². The van der Waals surface area contributed by atoms with E-state index in [1.165, 1.54) is 5.01 Å². The largest absolute Gasteiger partial charge is 0.372 e. The number of hydrazone groups is 1. The fourth-order valence-corrected chi connectivity index (χ4v) is 3.38. The SMILES string of the molecule is CCN(CC)c1ccc(N2OC23C(=O)N(c2ccccc2)N=C3C)cc1. The molecule has 1 atom stereocenters. The lowest BCUT2D eigenvalue weighted by molar-refractivity contribution is -0.120. The van der Waals surface area contributed by atoms with E-state index in [-0.39, 0.29) is 5.91 Å². The second-order valence-corrected chi connectivity index (χ2v) is 6.36. The molecule has 4 rings (SSSR count). The molecule has 0 aromatic heterocycles. The van der Waals surface area contributed by atoms with E-state index in [1.807, 2.05) is 49.4 Å². The lowest BCUT2D eigenvalue weighted by Crippen LogP contribution is -2.38. The summed E-state index contributed by atoms with van der Waals surface area (Å²) in [6.07, 6.45) is 0. The number of hydroxylamine groups is 1. The molecule has 1 unspecified atom stereocenters. The zero-order valence-corrected chi connectivity index (χ0v) is 15.2. The Morgan fingerprint density at radius 3 is 2.27 bits per heavy atom. The van der Waals surface area contributed by atoms with Crippen molar-refractivity contribution in [2.75, 3.05) is 28.1 Å².